The van der Waals surface area contributed by atoms with Crippen molar-refractivity contribution in [1.82, 2.24) is 0 Å². The number of fused-ring (bicyclic) bond motifs is 1. The quantitative estimate of drug-likeness (QED) is 0.623. The van der Waals surface area contributed by atoms with Crippen LogP contribution >= 0.6 is 10.7 Å². The second-order valence-corrected chi connectivity index (χ2v) is 6.22. The number of carbonyl (C=O) groups excluding carboxylic acids is 1. The first-order valence-corrected chi connectivity index (χ1v) is 7.80. The molecule has 0 fully saturated rings. The molecular formula is C11H11ClO6S. The molecule has 8 heteroatoms. The minimum atomic E-state index is -3.98. The molecule has 104 valence electrons. The van der Waals surface area contributed by atoms with Crippen LogP contribution in [0.15, 0.2) is 17.0 Å². The van der Waals surface area contributed by atoms with Gasteiger partial charge in [-0.3, -0.25) is 0 Å². The number of rotatable bonds is 3. The first kappa shape index (κ1) is 14.0. The predicted molar refractivity (Wildman–Crippen MR) is 66.4 cm³/mol. The summed E-state index contributed by atoms with van der Waals surface area (Å²) >= 11 is 0. The molecule has 0 unspecified atom stereocenters. The van der Waals surface area contributed by atoms with Crippen molar-refractivity contribution in [3.8, 4) is 11.5 Å². The molecule has 0 amide bonds. The first-order valence-electron chi connectivity index (χ1n) is 5.49. The molecular weight excluding hydrogens is 296 g/mol. The van der Waals surface area contributed by atoms with Gasteiger partial charge in [0.25, 0.3) is 9.05 Å². The molecule has 0 spiro atoms. The van der Waals surface area contributed by atoms with Crippen LogP contribution in [0.1, 0.15) is 17.3 Å². The number of hydrogen-bond acceptors (Lipinski definition) is 6. The van der Waals surface area contributed by atoms with Crippen molar-refractivity contribution in [3.63, 3.8) is 0 Å². The lowest BCUT2D eigenvalue weighted by Gasteiger charge is -2.21. The van der Waals surface area contributed by atoms with Gasteiger partial charge in [-0.2, -0.15) is 0 Å². The molecule has 0 radical (unpaired) electrons. The van der Waals surface area contributed by atoms with Gasteiger partial charge < -0.3 is 14.2 Å². The van der Waals surface area contributed by atoms with Crippen molar-refractivity contribution in [1.29, 1.82) is 0 Å². The molecule has 0 aliphatic carbocycles. The molecule has 0 bridgehead atoms. The van der Waals surface area contributed by atoms with E-state index in [2.05, 4.69) is 0 Å². The van der Waals surface area contributed by atoms with Crippen molar-refractivity contribution < 1.29 is 27.4 Å². The second kappa shape index (κ2) is 5.26. The summed E-state index contributed by atoms with van der Waals surface area (Å²) in [5, 5.41) is 0. The summed E-state index contributed by atoms with van der Waals surface area (Å²) in [6.07, 6.45) is 0. The van der Waals surface area contributed by atoms with Crippen molar-refractivity contribution in [2.45, 2.75) is 11.8 Å². The monoisotopic (exact) mass is 306 g/mol. The molecule has 1 aromatic carbocycles. The van der Waals surface area contributed by atoms with Crippen LogP contribution in [0.5, 0.6) is 11.5 Å². The van der Waals surface area contributed by atoms with Gasteiger partial charge in [0.05, 0.1) is 11.5 Å². The van der Waals surface area contributed by atoms with Gasteiger partial charge in [0.2, 0.25) is 0 Å². The summed E-state index contributed by atoms with van der Waals surface area (Å²) in [5.74, 6) is -0.351. The van der Waals surface area contributed by atoms with Gasteiger partial charge in [-0.15, -0.1) is 0 Å². The topological polar surface area (TPSA) is 78.9 Å². The Kier molecular flexibility index (Phi) is 3.86. The van der Waals surface area contributed by atoms with Gasteiger partial charge in [0.1, 0.15) is 18.8 Å². The van der Waals surface area contributed by atoms with Gasteiger partial charge in [-0.1, -0.05) is 0 Å². The largest absolute Gasteiger partial charge is 0.486 e. The molecule has 2 rings (SSSR count). The van der Waals surface area contributed by atoms with Crippen molar-refractivity contribution in [3.05, 3.63) is 17.7 Å². The molecule has 1 heterocycles. The highest BCUT2D eigenvalue weighted by molar-refractivity contribution is 8.13. The van der Waals surface area contributed by atoms with Crippen LogP contribution in [0.25, 0.3) is 0 Å². The fraction of sp³-hybridized carbons (Fsp3) is 0.364. The predicted octanol–water partition coefficient (Wildman–Crippen LogP) is 1.56. The lowest BCUT2D eigenvalue weighted by Crippen LogP contribution is -2.19. The number of carbonyl (C=O) groups is 1. The van der Waals surface area contributed by atoms with E-state index in [1.807, 2.05) is 0 Å². The Labute approximate surface area is 114 Å². The third-order valence-corrected chi connectivity index (χ3v) is 3.73. The van der Waals surface area contributed by atoms with Crippen LogP contribution in [0.4, 0.5) is 0 Å². The molecule has 6 nitrogen and oxygen atoms in total. The molecule has 1 aromatic rings. The molecule has 1 aliphatic rings. The van der Waals surface area contributed by atoms with Crippen LogP contribution in [0, 0.1) is 0 Å². The van der Waals surface area contributed by atoms with Gasteiger partial charge in [-0.05, 0) is 13.0 Å². The van der Waals surface area contributed by atoms with E-state index in [4.69, 9.17) is 24.9 Å². The van der Waals surface area contributed by atoms with Gasteiger partial charge in [0, 0.05) is 16.7 Å². The molecule has 19 heavy (non-hydrogen) atoms. The molecule has 0 saturated carbocycles. The maximum Gasteiger partial charge on any atom is 0.342 e. The van der Waals surface area contributed by atoms with E-state index in [9.17, 15) is 13.2 Å². The maximum atomic E-state index is 11.8. The van der Waals surface area contributed by atoms with Crippen LogP contribution in [-0.4, -0.2) is 34.2 Å². The summed E-state index contributed by atoms with van der Waals surface area (Å²) in [6.45, 7) is 2.34. The van der Waals surface area contributed by atoms with E-state index in [0.29, 0.717) is 0 Å². The molecule has 0 aromatic heterocycles. The van der Waals surface area contributed by atoms with Crippen molar-refractivity contribution in [2.75, 3.05) is 19.8 Å². The minimum Gasteiger partial charge on any atom is -0.486 e. The zero-order valence-corrected chi connectivity index (χ0v) is 11.6. The molecule has 0 atom stereocenters. The normalized spacial score (nSPS) is 14.0. The summed E-state index contributed by atoms with van der Waals surface area (Å²) < 4.78 is 38.2. The zero-order chi connectivity index (χ0) is 14.0. The Morgan fingerprint density at radius 2 is 2.05 bits per heavy atom. The third kappa shape index (κ3) is 2.93. The van der Waals surface area contributed by atoms with Crippen LogP contribution in [0.2, 0.25) is 0 Å². The van der Waals surface area contributed by atoms with E-state index in [1.165, 1.54) is 6.07 Å². The Balaban J connectivity index is 2.59. The van der Waals surface area contributed by atoms with Crippen LogP contribution in [-0.2, 0) is 13.8 Å². The summed E-state index contributed by atoms with van der Waals surface area (Å²) in [7, 11) is 1.30. The Morgan fingerprint density at radius 3 is 2.68 bits per heavy atom. The zero-order valence-electron chi connectivity index (χ0n) is 10.0. The standard InChI is InChI=1S/C11H11ClO6S/c1-2-16-11(13)8-5-7(19(12,14)15)6-9-10(8)18-4-3-17-9/h5-6H,2-4H2,1H3. The number of ether oxygens (including phenoxy) is 3. The van der Waals surface area contributed by atoms with E-state index in [0.717, 1.165) is 6.07 Å². The van der Waals surface area contributed by atoms with Gasteiger partial charge >= 0.3 is 5.97 Å². The third-order valence-electron chi connectivity index (χ3n) is 2.39. The van der Waals surface area contributed by atoms with Gasteiger partial charge in [-0.25, -0.2) is 13.2 Å². The summed E-state index contributed by atoms with van der Waals surface area (Å²) in [4.78, 5) is 11.6. The number of benzene rings is 1. The summed E-state index contributed by atoms with van der Waals surface area (Å²) in [5.41, 5.74) is -0.0155. The highest BCUT2D eigenvalue weighted by Gasteiger charge is 2.26. The lowest BCUT2D eigenvalue weighted by molar-refractivity contribution is 0.0516. The van der Waals surface area contributed by atoms with Gasteiger partial charge in [0.15, 0.2) is 11.5 Å². The number of esters is 1. The highest BCUT2D eigenvalue weighted by Crippen LogP contribution is 2.37. The Morgan fingerprint density at radius 1 is 1.37 bits per heavy atom. The van der Waals surface area contributed by atoms with Crippen LogP contribution in [0.3, 0.4) is 0 Å². The molecule has 0 saturated heterocycles. The number of halogens is 1. The Bertz CT molecular complexity index is 610. The fourth-order valence-corrected chi connectivity index (χ4v) is 2.40. The SMILES string of the molecule is CCOC(=O)c1cc(S(=O)(=O)Cl)cc2c1OCCO2. The Hall–Kier alpha value is -1.47. The highest BCUT2D eigenvalue weighted by atomic mass is 35.7. The van der Waals surface area contributed by atoms with E-state index in [1.54, 1.807) is 6.92 Å². The second-order valence-electron chi connectivity index (χ2n) is 3.65. The number of hydrogen-bond donors (Lipinski definition) is 0. The average molecular weight is 307 g/mol. The minimum absolute atomic E-state index is 0.0155. The maximum absolute atomic E-state index is 11.8. The van der Waals surface area contributed by atoms with E-state index < -0.39 is 15.0 Å². The summed E-state index contributed by atoms with van der Waals surface area (Å²) in [6, 6.07) is 2.34. The van der Waals surface area contributed by atoms with E-state index in [-0.39, 0.29) is 41.8 Å². The lowest BCUT2D eigenvalue weighted by atomic mass is 10.1. The molecule has 0 N–H and O–H groups in total. The van der Waals surface area contributed by atoms with Crippen LogP contribution < -0.4 is 9.47 Å². The van der Waals surface area contributed by atoms with E-state index >= 15 is 0 Å². The average Bonchev–Trinajstić information content (AvgIpc) is 2.36. The van der Waals surface area contributed by atoms with Crippen molar-refractivity contribution in [2.24, 2.45) is 0 Å². The molecule has 1 aliphatic heterocycles. The van der Waals surface area contributed by atoms with Crippen molar-refractivity contribution >= 4 is 25.7 Å². The smallest absolute Gasteiger partial charge is 0.342 e. The fourth-order valence-electron chi connectivity index (χ4n) is 1.63. The first-order chi connectivity index (χ1) is 8.93.